The molecule has 1 unspecified atom stereocenters. The number of halogens is 1. The molecule has 1 rings (SSSR count). The van der Waals surface area contributed by atoms with Crippen LogP contribution in [-0.2, 0) is 11.3 Å². The van der Waals surface area contributed by atoms with E-state index in [4.69, 9.17) is 10.5 Å². The van der Waals surface area contributed by atoms with Gasteiger partial charge < -0.3 is 20.5 Å². The first kappa shape index (κ1) is 13.9. The van der Waals surface area contributed by atoms with Gasteiger partial charge in [-0.1, -0.05) is 0 Å². The van der Waals surface area contributed by atoms with Crippen molar-refractivity contribution in [1.29, 1.82) is 0 Å². The van der Waals surface area contributed by atoms with Gasteiger partial charge in [-0.15, -0.1) is 0 Å². The maximum atomic E-state index is 13.3. The summed E-state index contributed by atoms with van der Waals surface area (Å²) in [6.45, 7) is 0.921. The number of hydrogen-bond donors (Lipinski definition) is 2. The minimum Gasteiger partial charge on any atom is -0.389 e. The van der Waals surface area contributed by atoms with Crippen molar-refractivity contribution in [3.05, 3.63) is 29.6 Å². The Hall–Kier alpha value is -1.17. The van der Waals surface area contributed by atoms with Crippen molar-refractivity contribution in [3.63, 3.8) is 0 Å². The number of aliphatic hydroxyl groups excluding tert-OH is 1. The van der Waals surface area contributed by atoms with Gasteiger partial charge >= 0.3 is 0 Å². The van der Waals surface area contributed by atoms with Gasteiger partial charge in [0.05, 0.1) is 12.7 Å². The van der Waals surface area contributed by atoms with E-state index >= 15 is 0 Å². The number of rotatable bonds is 6. The second kappa shape index (κ2) is 6.54. The smallest absolute Gasteiger partial charge is 0.125 e. The predicted octanol–water partition coefficient (Wildman–Crippen LogP) is 0.728. The van der Waals surface area contributed by atoms with Crippen molar-refractivity contribution in [3.8, 4) is 0 Å². The van der Waals surface area contributed by atoms with Gasteiger partial charge in [0.15, 0.2) is 0 Å². The molecule has 0 fully saturated rings. The molecule has 4 nitrogen and oxygen atoms in total. The quantitative estimate of drug-likeness (QED) is 0.772. The fourth-order valence-corrected chi connectivity index (χ4v) is 1.64. The third kappa shape index (κ3) is 4.30. The second-order valence-corrected chi connectivity index (χ2v) is 4.01. The third-order valence-electron chi connectivity index (χ3n) is 2.46. The number of likely N-dealkylation sites (N-methyl/N-ethyl adjacent to an activating group) is 1. The molecule has 0 saturated heterocycles. The van der Waals surface area contributed by atoms with E-state index in [-0.39, 0.29) is 12.4 Å². The largest absolute Gasteiger partial charge is 0.389 e. The molecule has 0 aliphatic carbocycles. The molecule has 0 aliphatic rings. The molecular formula is C12H19FN2O2. The van der Waals surface area contributed by atoms with Crippen molar-refractivity contribution in [2.45, 2.75) is 12.6 Å². The van der Waals surface area contributed by atoms with E-state index in [0.29, 0.717) is 18.8 Å². The summed E-state index contributed by atoms with van der Waals surface area (Å²) < 4.78 is 18.1. The van der Waals surface area contributed by atoms with E-state index in [0.717, 1.165) is 5.56 Å². The van der Waals surface area contributed by atoms with Gasteiger partial charge in [-0.25, -0.2) is 4.39 Å². The van der Waals surface area contributed by atoms with E-state index in [1.165, 1.54) is 19.2 Å². The lowest BCUT2D eigenvalue weighted by atomic mass is 10.1. The summed E-state index contributed by atoms with van der Waals surface area (Å²) >= 11 is 0. The van der Waals surface area contributed by atoms with Crippen LogP contribution in [-0.4, -0.2) is 38.5 Å². The number of anilines is 1. The summed E-state index contributed by atoms with van der Waals surface area (Å²) in [5.74, 6) is -0.323. The van der Waals surface area contributed by atoms with Crippen LogP contribution in [0.4, 0.5) is 10.1 Å². The molecule has 1 aromatic rings. The first-order valence-electron chi connectivity index (χ1n) is 5.44. The third-order valence-corrected chi connectivity index (χ3v) is 2.46. The highest BCUT2D eigenvalue weighted by Crippen LogP contribution is 2.17. The fourth-order valence-electron chi connectivity index (χ4n) is 1.64. The van der Waals surface area contributed by atoms with Crippen LogP contribution in [0, 0.1) is 5.82 Å². The molecule has 17 heavy (non-hydrogen) atoms. The van der Waals surface area contributed by atoms with Crippen LogP contribution in [0.1, 0.15) is 5.56 Å². The zero-order valence-corrected chi connectivity index (χ0v) is 10.2. The van der Waals surface area contributed by atoms with Crippen LogP contribution in [0.5, 0.6) is 0 Å². The lowest BCUT2D eigenvalue weighted by Gasteiger charge is -2.23. The average molecular weight is 242 g/mol. The normalized spacial score (nSPS) is 12.5. The summed E-state index contributed by atoms with van der Waals surface area (Å²) in [4.78, 5) is 1.77. The standard InChI is InChI=1S/C12H19FN2O2/c1-15(7-12(16)8-17-2)11-4-9(6-14)3-10(13)5-11/h3-5,12,16H,6-8,14H2,1-2H3. The molecule has 0 amide bonds. The molecule has 0 saturated carbocycles. The average Bonchev–Trinajstić information content (AvgIpc) is 2.28. The van der Waals surface area contributed by atoms with E-state index in [1.54, 1.807) is 11.9 Å². The maximum absolute atomic E-state index is 13.3. The Labute approximate surface area is 101 Å². The van der Waals surface area contributed by atoms with Crippen LogP contribution in [0.3, 0.4) is 0 Å². The van der Waals surface area contributed by atoms with Crippen LogP contribution in [0.15, 0.2) is 18.2 Å². The van der Waals surface area contributed by atoms with Gasteiger partial charge in [-0.3, -0.25) is 0 Å². The maximum Gasteiger partial charge on any atom is 0.125 e. The Morgan fingerprint density at radius 1 is 1.47 bits per heavy atom. The van der Waals surface area contributed by atoms with Gasteiger partial charge in [-0.05, 0) is 23.8 Å². The summed E-state index contributed by atoms with van der Waals surface area (Å²) in [7, 11) is 3.31. The number of aliphatic hydroxyl groups is 1. The Bertz CT molecular complexity index is 360. The zero-order valence-electron chi connectivity index (χ0n) is 10.2. The van der Waals surface area contributed by atoms with Crippen molar-refractivity contribution in [1.82, 2.24) is 0 Å². The Morgan fingerprint density at radius 3 is 2.76 bits per heavy atom. The van der Waals surface area contributed by atoms with E-state index in [9.17, 15) is 9.50 Å². The number of hydrogen-bond acceptors (Lipinski definition) is 4. The molecule has 0 aliphatic heterocycles. The Kier molecular flexibility index (Phi) is 5.34. The van der Waals surface area contributed by atoms with E-state index < -0.39 is 6.10 Å². The van der Waals surface area contributed by atoms with Gasteiger partial charge in [0.1, 0.15) is 5.82 Å². The number of benzene rings is 1. The summed E-state index contributed by atoms with van der Waals surface area (Å²) in [6.07, 6.45) is -0.602. The molecular weight excluding hydrogens is 223 g/mol. The predicted molar refractivity (Wildman–Crippen MR) is 65.4 cm³/mol. The molecule has 0 spiro atoms. The lowest BCUT2D eigenvalue weighted by Crippen LogP contribution is -2.32. The molecule has 0 aromatic heterocycles. The molecule has 0 radical (unpaired) electrons. The van der Waals surface area contributed by atoms with Crippen LogP contribution >= 0.6 is 0 Å². The van der Waals surface area contributed by atoms with Gasteiger partial charge in [0, 0.05) is 32.9 Å². The molecule has 0 heterocycles. The minimum absolute atomic E-state index is 0.253. The van der Waals surface area contributed by atoms with E-state index in [2.05, 4.69) is 0 Å². The Morgan fingerprint density at radius 2 is 2.18 bits per heavy atom. The van der Waals surface area contributed by atoms with Gasteiger partial charge in [0.25, 0.3) is 0 Å². The molecule has 0 bridgehead atoms. The van der Waals surface area contributed by atoms with Crippen molar-refractivity contribution in [2.24, 2.45) is 5.73 Å². The first-order chi connectivity index (χ1) is 8.06. The Balaban J connectivity index is 2.74. The van der Waals surface area contributed by atoms with Gasteiger partial charge in [-0.2, -0.15) is 0 Å². The topological polar surface area (TPSA) is 58.7 Å². The first-order valence-corrected chi connectivity index (χ1v) is 5.44. The van der Waals surface area contributed by atoms with Crippen LogP contribution < -0.4 is 10.6 Å². The van der Waals surface area contributed by atoms with Crippen molar-refractivity contribution >= 4 is 5.69 Å². The number of nitrogens with two attached hydrogens (primary N) is 1. The highest BCUT2D eigenvalue weighted by Gasteiger charge is 2.10. The fraction of sp³-hybridized carbons (Fsp3) is 0.500. The van der Waals surface area contributed by atoms with Gasteiger partial charge in [0.2, 0.25) is 0 Å². The van der Waals surface area contributed by atoms with E-state index in [1.807, 2.05) is 6.07 Å². The highest BCUT2D eigenvalue weighted by molar-refractivity contribution is 5.48. The summed E-state index contributed by atoms with van der Waals surface area (Å²) in [6, 6.07) is 4.63. The highest BCUT2D eigenvalue weighted by atomic mass is 19.1. The van der Waals surface area contributed by atoms with Crippen LogP contribution in [0.25, 0.3) is 0 Å². The monoisotopic (exact) mass is 242 g/mol. The molecule has 3 N–H and O–H groups in total. The lowest BCUT2D eigenvalue weighted by molar-refractivity contribution is 0.0695. The molecule has 1 atom stereocenters. The number of methoxy groups -OCH3 is 1. The molecule has 1 aromatic carbocycles. The molecule has 96 valence electrons. The van der Waals surface area contributed by atoms with Crippen LogP contribution in [0.2, 0.25) is 0 Å². The summed E-state index contributed by atoms with van der Waals surface area (Å²) in [5.41, 5.74) is 6.91. The van der Waals surface area contributed by atoms with Crippen molar-refractivity contribution in [2.75, 3.05) is 32.2 Å². The summed E-state index contributed by atoms with van der Waals surface area (Å²) in [5, 5.41) is 9.59. The SMILES string of the molecule is COCC(O)CN(C)c1cc(F)cc(CN)c1. The zero-order chi connectivity index (χ0) is 12.8. The molecule has 5 heteroatoms. The number of ether oxygens (including phenoxy) is 1. The minimum atomic E-state index is -0.602. The number of nitrogens with zero attached hydrogens (tertiary/aromatic N) is 1. The second-order valence-electron chi connectivity index (χ2n) is 4.01. The van der Waals surface area contributed by atoms with Crippen molar-refractivity contribution < 1.29 is 14.2 Å².